The highest BCUT2D eigenvalue weighted by Crippen LogP contribution is 2.14. The van der Waals surface area contributed by atoms with Crippen molar-refractivity contribution in [1.29, 1.82) is 0 Å². The molecule has 2 aromatic rings. The van der Waals surface area contributed by atoms with Gasteiger partial charge in [-0.25, -0.2) is 0 Å². The molecule has 0 aliphatic carbocycles. The molecule has 2 rings (SSSR count). The molecule has 2 heterocycles. The Morgan fingerprint density at radius 2 is 2.16 bits per heavy atom. The lowest BCUT2D eigenvalue weighted by Crippen LogP contribution is -2.28. The van der Waals surface area contributed by atoms with Crippen molar-refractivity contribution in [2.75, 3.05) is 0 Å². The molecular weight excluding hydrogens is 289 g/mol. The van der Waals surface area contributed by atoms with Crippen LogP contribution in [-0.2, 0) is 24.4 Å². The van der Waals surface area contributed by atoms with E-state index in [0.29, 0.717) is 23.1 Å². The zero-order chi connectivity index (χ0) is 13.8. The number of hydrogen-bond acceptors (Lipinski definition) is 3. The number of rotatable bonds is 5. The van der Waals surface area contributed by atoms with E-state index in [9.17, 15) is 4.79 Å². The summed E-state index contributed by atoms with van der Waals surface area (Å²) in [5, 5.41) is 11.8. The second-order valence-electron chi connectivity index (χ2n) is 3.89. The third kappa shape index (κ3) is 3.48. The molecule has 0 saturated carbocycles. The summed E-state index contributed by atoms with van der Waals surface area (Å²) in [7, 11) is 0. The van der Waals surface area contributed by atoms with Gasteiger partial charge in [-0.2, -0.15) is 10.2 Å². The standard InChI is InChI=1S/C11H13Cl2N5O/c1-2-18-10(9(13)4-16-18)5-14-11(19)7-17-6-8(12)3-15-17/h3-4,6H,2,5,7H2,1H3,(H,14,19). The molecule has 19 heavy (non-hydrogen) atoms. The molecule has 102 valence electrons. The fourth-order valence-corrected chi connectivity index (χ4v) is 2.01. The van der Waals surface area contributed by atoms with Gasteiger partial charge in [-0.05, 0) is 6.92 Å². The second kappa shape index (κ2) is 6.08. The average Bonchev–Trinajstić information content (AvgIpc) is 2.93. The lowest BCUT2D eigenvalue weighted by atomic mass is 10.4. The maximum atomic E-state index is 11.7. The van der Waals surface area contributed by atoms with Crippen molar-refractivity contribution in [3.63, 3.8) is 0 Å². The number of nitrogens with zero attached hydrogens (tertiary/aromatic N) is 4. The highest BCUT2D eigenvalue weighted by molar-refractivity contribution is 6.31. The molecule has 0 bridgehead atoms. The first-order valence-corrected chi connectivity index (χ1v) is 6.50. The van der Waals surface area contributed by atoms with Crippen LogP contribution in [0.25, 0.3) is 0 Å². The third-order valence-electron chi connectivity index (χ3n) is 2.56. The van der Waals surface area contributed by atoms with E-state index in [2.05, 4.69) is 15.5 Å². The van der Waals surface area contributed by atoms with Crippen LogP contribution in [0.2, 0.25) is 10.0 Å². The summed E-state index contributed by atoms with van der Waals surface area (Å²) in [4.78, 5) is 11.7. The number of carbonyl (C=O) groups is 1. The largest absolute Gasteiger partial charge is 0.349 e. The van der Waals surface area contributed by atoms with E-state index < -0.39 is 0 Å². The van der Waals surface area contributed by atoms with Crippen molar-refractivity contribution in [3.8, 4) is 0 Å². The summed E-state index contributed by atoms with van der Waals surface area (Å²) in [6.07, 6.45) is 4.64. The molecule has 8 heteroatoms. The Labute approximate surface area is 120 Å². The van der Waals surface area contributed by atoms with Crippen molar-refractivity contribution in [3.05, 3.63) is 34.3 Å². The fourth-order valence-electron chi connectivity index (χ4n) is 1.65. The Kier molecular flexibility index (Phi) is 4.44. The molecular formula is C11H13Cl2N5O. The normalized spacial score (nSPS) is 10.7. The van der Waals surface area contributed by atoms with Crippen LogP contribution in [0.4, 0.5) is 0 Å². The van der Waals surface area contributed by atoms with Crippen molar-refractivity contribution >= 4 is 29.1 Å². The fraction of sp³-hybridized carbons (Fsp3) is 0.364. The molecule has 0 aliphatic heterocycles. The molecule has 0 atom stereocenters. The number of nitrogens with one attached hydrogen (secondary N) is 1. The number of carbonyl (C=O) groups excluding carboxylic acids is 1. The molecule has 1 amide bonds. The Morgan fingerprint density at radius 1 is 1.37 bits per heavy atom. The SMILES string of the molecule is CCn1ncc(Cl)c1CNC(=O)Cn1cc(Cl)cn1. The Morgan fingerprint density at radius 3 is 2.79 bits per heavy atom. The summed E-state index contributed by atoms with van der Waals surface area (Å²) in [6, 6.07) is 0. The Bertz CT molecular complexity index is 577. The lowest BCUT2D eigenvalue weighted by molar-refractivity contribution is -0.122. The minimum absolute atomic E-state index is 0.116. The molecule has 6 nitrogen and oxygen atoms in total. The molecule has 0 radical (unpaired) electrons. The van der Waals surface area contributed by atoms with Gasteiger partial charge in [0.2, 0.25) is 5.91 Å². The molecule has 2 aromatic heterocycles. The minimum atomic E-state index is -0.167. The van der Waals surface area contributed by atoms with Crippen LogP contribution >= 0.6 is 23.2 Å². The highest BCUT2D eigenvalue weighted by Gasteiger charge is 2.10. The van der Waals surface area contributed by atoms with E-state index in [1.807, 2.05) is 6.92 Å². The first-order valence-electron chi connectivity index (χ1n) is 5.75. The number of aromatic nitrogens is 4. The highest BCUT2D eigenvalue weighted by atomic mass is 35.5. The van der Waals surface area contributed by atoms with Crippen LogP contribution in [0.1, 0.15) is 12.6 Å². The maximum Gasteiger partial charge on any atom is 0.242 e. The van der Waals surface area contributed by atoms with Crippen molar-refractivity contribution < 1.29 is 4.79 Å². The summed E-state index contributed by atoms with van der Waals surface area (Å²) < 4.78 is 3.21. The molecule has 0 spiro atoms. The smallest absolute Gasteiger partial charge is 0.242 e. The molecule has 0 saturated heterocycles. The first-order chi connectivity index (χ1) is 9.10. The minimum Gasteiger partial charge on any atom is -0.349 e. The van der Waals surface area contributed by atoms with E-state index >= 15 is 0 Å². The van der Waals surface area contributed by atoms with Crippen LogP contribution in [0, 0.1) is 0 Å². The predicted molar refractivity (Wildman–Crippen MR) is 72.0 cm³/mol. The van der Waals surface area contributed by atoms with Crippen LogP contribution in [0.3, 0.4) is 0 Å². The average molecular weight is 302 g/mol. The number of halogens is 2. The van der Waals surface area contributed by atoms with Crippen LogP contribution < -0.4 is 5.32 Å². The summed E-state index contributed by atoms with van der Waals surface area (Å²) in [6.45, 7) is 3.11. The van der Waals surface area contributed by atoms with Crippen LogP contribution in [0.15, 0.2) is 18.6 Å². The molecule has 0 aliphatic rings. The van der Waals surface area contributed by atoms with Gasteiger partial charge in [0.05, 0.1) is 34.7 Å². The van der Waals surface area contributed by atoms with Crippen molar-refractivity contribution in [1.82, 2.24) is 24.9 Å². The van der Waals surface area contributed by atoms with Gasteiger partial charge >= 0.3 is 0 Å². The van der Waals surface area contributed by atoms with E-state index in [1.165, 1.54) is 10.9 Å². The predicted octanol–water partition coefficient (Wildman–Crippen LogP) is 1.72. The van der Waals surface area contributed by atoms with Gasteiger partial charge in [0, 0.05) is 12.7 Å². The van der Waals surface area contributed by atoms with E-state index in [0.717, 1.165) is 5.69 Å². The van der Waals surface area contributed by atoms with Crippen molar-refractivity contribution in [2.45, 2.75) is 26.6 Å². The zero-order valence-electron chi connectivity index (χ0n) is 10.3. The number of aryl methyl sites for hydroxylation is 1. The van der Waals surface area contributed by atoms with Gasteiger partial charge < -0.3 is 5.32 Å². The zero-order valence-corrected chi connectivity index (χ0v) is 11.8. The summed E-state index contributed by atoms with van der Waals surface area (Å²) in [5.41, 5.74) is 0.788. The van der Waals surface area contributed by atoms with Crippen LogP contribution in [-0.4, -0.2) is 25.5 Å². The maximum absolute atomic E-state index is 11.7. The molecule has 1 N–H and O–H groups in total. The number of hydrogen-bond donors (Lipinski definition) is 1. The van der Waals surface area contributed by atoms with Gasteiger partial charge in [0.15, 0.2) is 0 Å². The van der Waals surface area contributed by atoms with Gasteiger partial charge in [-0.15, -0.1) is 0 Å². The topological polar surface area (TPSA) is 64.7 Å². The monoisotopic (exact) mass is 301 g/mol. The van der Waals surface area contributed by atoms with E-state index in [4.69, 9.17) is 23.2 Å². The van der Waals surface area contributed by atoms with Crippen molar-refractivity contribution in [2.24, 2.45) is 0 Å². The van der Waals surface area contributed by atoms with Gasteiger partial charge in [0.1, 0.15) is 6.54 Å². The third-order valence-corrected chi connectivity index (χ3v) is 3.07. The molecule has 0 unspecified atom stereocenters. The summed E-state index contributed by atoms with van der Waals surface area (Å²) in [5.74, 6) is -0.167. The Balaban J connectivity index is 1.91. The quantitative estimate of drug-likeness (QED) is 0.914. The lowest BCUT2D eigenvalue weighted by Gasteiger charge is -2.07. The molecule has 0 aromatic carbocycles. The second-order valence-corrected chi connectivity index (χ2v) is 4.73. The molecule has 0 fully saturated rings. The summed E-state index contributed by atoms with van der Waals surface area (Å²) >= 11 is 11.7. The van der Waals surface area contributed by atoms with Gasteiger partial charge in [-0.1, -0.05) is 23.2 Å². The number of amides is 1. The van der Waals surface area contributed by atoms with Gasteiger partial charge in [0.25, 0.3) is 0 Å². The first kappa shape index (κ1) is 13.9. The van der Waals surface area contributed by atoms with Gasteiger partial charge in [-0.3, -0.25) is 14.2 Å². The van der Waals surface area contributed by atoms with E-state index in [1.54, 1.807) is 17.1 Å². The van der Waals surface area contributed by atoms with E-state index in [-0.39, 0.29) is 12.5 Å². The Hall–Kier alpha value is -1.53. The van der Waals surface area contributed by atoms with Crippen LogP contribution in [0.5, 0.6) is 0 Å².